The van der Waals surface area contributed by atoms with Crippen LogP contribution < -0.4 is 10.9 Å². The summed E-state index contributed by atoms with van der Waals surface area (Å²) in [5, 5.41) is 7.67. The molecule has 0 radical (unpaired) electrons. The van der Waals surface area contributed by atoms with E-state index in [4.69, 9.17) is 0 Å². The van der Waals surface area contributed by atoms with E-state index in [9.17, 15) is 9.59 Å². The van der Waals surface area contributed by atoms with Crippen LogP contribution in [-0.2, 0) is 9.59 Å². The zero-order valence-electron chi connectivity index (χ0n) is 11.0. The number of aromatic nitrogens is 1. The summed E-state index contributed by atoms with van der Waals surface area (Å²) in [6.45, 7) is 1.77. The Hall–Kier alpha value is -2.57. The molecule has 0 saturated heterocycles. The molecule has 2 N–H and O–H groups in total. The molecule has 20 heavy (non-hydrogen) atoms. The zero-order chi connectivity index (χ0) is 14.4. The molecule has 0 fully saturated rings. The number of amides is 2. The zero-order valence-corrected chi connectivity index (χ0v) is 11.0. The first kappa shape index (κ1) is 13.9. The molecule has 1 atom stereocenters. The largest absolute Gasteiger partial charge is 0.273 e. The number of pyridine rings is 1. The van der Waals surface area contributed by atoms with E-state index in [1.54, 1.807) is 31.5 Å². The van der Waals surface area contributed by atoms with Gasteiger partial charge in [0.05, 0.1) is 12.1 Å². The SMILES string of the molecule is CC1=NNC(=O)[C@H]1CCC(=O)N/N=C\c1ccncc1. The molecule has 0 aliphatic carbocycles. The minimum absolute atomic E-state index is 0.157. The second-order valence-corrected chi connectivity index (χ2v) is 4.39. The van der Waals surface area contributed by atoms with Crippen molar-refractivity contribution in [3.05, 3.63) is 30.1 Å². The predicted molar refractivity (Wildman–Crippen MR) is 73.9 cm³/mol. The highest BCUT2D eigenvalue weighted by atomic mass is 16.2. The smallest absolute Gasteiger partial charge is 0.248 e. The molecule has 0 spiro atoms. The highest BCUT2D eigenvalue weighted by molar-refractivity contribution is 6.07. The van der Waals surface area contributed by atoms with Crippen molar-refractivity contribution in [3.63, 3.8) is 0 Å². The average Bonchev–Trinajstić information content (AvgIpc) is 2.77. The van der Waals surface area contributed by atoms with E-state index in [1.807, 2.05) is 0 Å². The maximum Gasteiger partial charge on any atom is 0.248 e. The second kappa shape index (κ2) is 6.55. The number of carbonyl (C=O) groups is 2. The fourth-order valence-corrected chi connectivity index (χ4v) is 1.79. The summed E-state index contributed by atoms with van der Waals surface area (Å²) in [5.74, 6) is -0.705. The number of nitrogens with zero attached hydrogens (tertiary/aromatic N) is 3. The summed E-state index contributed by atoms with van der Waals surface area (Å²) in [7, 11) is 0. The first-order valence-corrected chi connectivity index (χ1v) is 6.23. The van der Waals surface area contributed by atoms with Crippen LogP contribution in [-0.4, -0.2) is 28.7 Å². The van der Waals surface area contributed by atoms with Crippen molar-refractivity contribution in [2.75, 3.05) is 0 Å². The summed E-state index contributed by atoms with van der Waals surface area (Å²) in [4.78, 5) is 26.9. The summed E-state index contributed by atoms with van der Waals surface area (Å²) in [6, 6.07) is 3.55. The highest BCUT2D eigenvalue weighted by Gasteiger charge is 2.26. The van der Waals surface area contributed by atoms with Gasteiger partial charge in [-0.1, -0.05) is 0 Å². The van der Waals surface area contributed by atoms with Gasteiger partial charge in [0.2, 0.25) is 11.8 Å². The Morgan fingerprint density at radius 1 is 1.50 bits per heavy atom. The van der Waals surface area contributed by atoms with E-state index in [0.717, 1.165) is 5.56 Å². The number of carbonyl (C=O) groups excluding carboxylic acids is 2. The van der Waals surface area contributed by atoms with Crippen LogP contribution in [0.3, 0.4) is 0 Å². The Morgan fingerprint density at radius 2 is 2.25 bits per heavy atom. The van der Waals surface area contributed by atoms with Crippen LogP contribution >= 0.6 is 0 Å². The van der Waals surface area contributed by atoms with Gasteiger partial charge < -0.3 is 0 Å². The fourth-order valence-electron chi connectivity index (χ4n) is 1.79. The van der Waals surface area contributed by atoms with Crippen LogP contribution in [0.15, 0.2) is 34.7 Å². The molecule has 0 aromatic carbocycles. The summed E-state index contributed by atoms with van der Waals surface area (Å²) in [5.41, 5.74) is 6.37. The minimum atomic E-state index is -0.315. The third-order valence-corrected chi connectivity index (χ3v) is 2.93. The van der Waals surface area contributed by atoms with Crippen LogP contribution in [0.25, 0.3) is 0 Å². The highest BCUT2D eigenvalue weighted by Crippen LogP contribution is 2.13. The predicted octanol–water partition coefficient (Wildman–Crippen LogP) is 0.434. The number of rotatable bonds is 5. The van der Waals surface area contributed by atoms with Gasteiger partial charge in [-0.3, -0.25) is 14.6 Å². The fraction of sp³-hybridized carbons (Fsp3) is 0.308. The number of hydrazone groups is 2. The van der Waals surface area contributed by atoms with Crippen LogP contribution in [0.1, 0.15) is 25.3 Å². The first-order valence-electron chi connectivity index (χ1n) is 6.23. The second-order valence-electron chi connectivity index (χ2n) is 4.39. The minimum Gasteiger partial charge on any atom is -0.273 e. The van der Waals surface area contributed by atoms with Crippen molar-refractivity contribution in [3.8, 4) is 0 Å². The van der Waals surface area contributed by atoms with E-state index in [2.05, 4.69) is 26.0 Å². The Morgan fingerprint density at radius 3 is 2.90 bits per heavy atom. The van der Waals surface area contributed by atoms with Gasteiger partial charge in [0.1, 0.15) is 0 Å². The molecule has 1 aromatic rings. The summed E-state index contributed by atoms with van der Waals surface area (Å²) in [6.07, 6.45) is 5.47. The van der Waals surface area contributed by atoms with E-state index in [1.165, 1.54) is 6.21 Å². The molecule has 0 bridgehead atoms. The van der Waals surface area contributed by atoms with Gasteiger partial charge in [0, 0.05) is 24.5 Å². The van der Waals surface area contributed by atoms with Crippen molar-refractivity contribution >= 4 is 23.7 Å². The molecular formula is C13H15N5O2. The Balaban J connectivity index is 1.75. The third-order valence-electron chi connectivity index (χ3n) is 2.93. The molecule has 1 aliphatic heterocycles. The summed E-state index contributed by atoms with van der Waals surface area (Å²) < 4.78 is 0. The number of hydrogen-bond donors (Lipinski definition) is 2. The molecule has 7 nitrogen and oxygen atoms in total. The van der Waals surface area contributed by atoms with E-state index in [0.29, 0.717) is 12.1 Å². The third kappa shape index (κ3) is 3.71. The molecule has 104 valence electrons. The lowest BCUT2D eigenvalue weighted by atomic mass is 9.99. The number of hydrogen-bond acceptors (Lipinski definition) is 5. The molecule has 2 heterocycles. The molecule has 2 rings (SSSR count). The molecular weight excluding hydrogens is 258 g/mol. The van der Waals surface area contributed by atoms with Gasteiger partial charge in [0.25, 0.3) is 0 Å². The Kier molecular flexibility index (Phi) is 4.54. The van der Waals surface area contributed by atoms with Crippen molar-refractivity contribution in [2.45, 2.75) is 19.8 Å². The van der Waals surface area contributed by atoms with Crippen molar-refractivity contribution < 1.29 is 9.59 Å². The van der Waals surface area contributed by atoms with Crippen molar-refractivity contribution in [1.29, 1.82) is 0 Å². The van der Waals surface area contributed by atoms with Gasteiger partial charge in [0.15, 0.2) is 0 Å². The van der Waals surface area contributed by atoms with Gasteiger partial charge in [-0.2, -0.15) is 10.2 Å². The number of nitrogens with one attached hydrogen (secondary N) is 2. The Bertz CT molecular complexity index is 553. The van der Waals surface area contributed by atoms with Gasteiger partial charge in [-0.25, -0.2) is 10.9 Å². The summed E-state index contributed by atoms with van der Waals surface area (Å²) >= 11 is 0. The molecule has 0 saturated carbocycles. The molecule has 1 aromatic heterocycles. The standard InChI is InChI=1S/C13H15N5O2/c1-9-11(13(20)18-16-9)2-3-12(19)17-15-8-10-4-6-14-7-5-10/h4-8,11H,2-3H2,1H3,(H,17,19)(H,18,20)/b15-8-/t11-/m0/s1. The first-order chi connectivity index (χ1) is 9.66. The monoisotopic (exact) mass is 273 g/mol. The van der Waals surface area contributed by atoms with Gasteiger partial charge in [-0.05, 0) is 31.0 Å². The maximum absolute atomic E-state index is 11.6. The van der Waals surface area contributed by atoms with Crippen molar-refractivity contribution in [2.24, 2.45) is 16.1 Å². The lowest BCUT2D eigenvalue weighted by molar-refractivity contribution is -0.123. The van der Waals surface area contributed by atoms with Crippen LogP contribution in [0, 0.1) is 5.92 Å². The molecule has 2 amide bonds. The van der Waals surface area contributed by atoms with Crippen LogP contribution in [0.2, 0.25) is 0 Å². The lowest BCUT2D eigenvalue weighted by Crippen LogP contribution is -2.25. The molecule has 1 aliphatic rings. The Labute approximate surface area is 116 Å². The normalized spacial score (nSPS) is 17.9. The van der Waals surface area contributed by atoms with Gasteiger partial charge in [-0.15, -0.1) is 0 Å². The topological polar surface area (TPSA) is 95.8 Å². The molecule has 7 heteroatoms. The van der Waals surface area contributed by atoms with E-state index in [-0.39, 0.29) is 24.2 Å². The molecule has 0 unspecified atom stereocenters. The van der Waals surface area contributed by atoms with E-state index < -0.39 is 0 Å². The average molecular weight is 273 g/mol. The lowest BCUT2D eigenvalue weighted by Gasteiger charge is -2.06. The van der Waals surface area contributed by atoms with Crippen LogP contribution in [0.5, 0.6) is 0 Å². The van der Waals surface area contributed by atoms with Gasteiger partial charge >= 0.3 is 0 Å². The van der Waals surface area contributed by atoms with Crippen LogP contribution in [0.4, 0.5) is 0 Å². The quantitative estimate of drug-likeness (QED) is 0.601. The maximum atomic E-state index is 11.6. The van der Waals surface area contributed by atoms with E-state index >= 15 is 0 Å². The van der Waals surface area contributed by atoms with Crippen molar-refractivity contribution in [1.82, 2.24) is 15.8 Å².